The van der Waals surface area contributed by atoms with E-state index < -0.39 is 19.8 Å². The third-order valence-corrected chi connectivity index (χ3v) is 8.77. The lowest BCUT2D eigenvalue weighted by Gasteiger charge is -2.27. The quantitative estimate of drug-likeness (QED) is 0.291. The van der Waals surface area contributed by atoms with Crippen molar-refractivity contribution < 1.29 is 23.1 Å². The number of carbonyl (C=O) groups is 1. The van der Waals surface area contributed by atoms with Crippen molar-refractivity contribution >= 4 is 13.7 Å². The Morgan fingerprint density at radius 3 is 2.65 bits per heavy atom. The van der Waals surface area contributed by atoms with Crippen LogP contribution in [0, 0.1) is 24.7 Å². The van der Waals surface area contributed by atoms with Crippen LogP contribution in [-0.4, -0.2) is 35.3 Å². The summed E-state index contributed by atoms with van der Waals surface area (Å²) in [5.41, 5.74) is -0.211. The fourth-order valence-electron chi connectivity index (χ4n) is 5.01. The Bertz CT molecular complexity index is 1200. The van der Waals surface area contributed by atoms with E-state index in [-0.39, 0.29) is 17.9 Å². The molecule has 2 aromatic rings. The van der Waals surface area contributed by atoms with Crippen LogP contribution in [0.1, 0.15) is 51.5 Å². The highest BCUT2D eigenvalue weighted by atomic mass is 31.2. The van der Waals surface area contributed by atoms with Gasteiger partial charge in [-0.2, -0.15) is 5.09 Å². The number of rotatable bonds is 13. The van der Waals surface area contributed by atoms with Gasteiger partial charge in [-0.05, 0) is 63.0 Å². The molecule has 3 rings (SSSR count). The number of aromatic nitrogens is 2. The molecule has 0 saturated heterocycles. The average molecular weight is 536 g/mol. The second-order valence-corrected chi connectivity index (χ2v) is 11.5. The number of aryl methyl sites for hydroxylation is 2. The van der Waals surface area contributed by atoms with Crippen LogP contribution in [0.5, 0.6) is 5.75 Å². The van der Waals surface area contributed by atoms with Crippen molar-refractivity contribution in [3.8, 4) is 5.75 Å². The molecule has 5 atom stereocenters. The molecule has 1 fully saturated rings. The molecule has 10 nitrogen and oxygen atoms in total. The normalized spacial score (nSPS) is 20.6. The summed E-state index contributed by atoms with van der Waals surface area (Å²) in [6, 6.07) is 7.79. The van der Waals surface area contributed by atoms with Gasteiger partial charge in [-0.25, -0.2) is 9.36 Å². The number of H-pyrrole nitrogens is 1. The van der Waals surface area contributed by atoms with Gasteiger partial charge in [0.1, 0.15) is 11.8 Å². The maximum absolute atomic E-state index is 13.5. The Morgan fingerprint density at radius 2 is 1.95 bits per heavy atom. The largest absolute Gasteiger partial charge is 0.468 e. The number of para-hydroxylation sites is 1. The van der Waals surface area contributed by atoms with Crippen LogP contribution in [-0.2, 0) is 25.2 Å². The van der Waals surface area contributed by atoms with E-state index in [1.54, 1.807) is 42.0 Å². The number of ether oxygens (including phenoxy) is 1. The average Bonchev–Trinajstić information content (AvgIpc) is 3.34. The SMILES string of the molecule is COC(=O)[C@H](C)NP(=O)(OCC[C@H](C)C1CCCC1CCn1cc(C)c(=O)[nH]c1=O)Oc1ccccc1. The summed E-state index contributed by atoms with van der Waals surface area (Å²) in [4.78, 5) is 38.0. The minimum atomic E-state index is -3.85. The van der Waals surface area contributed by atoms with Crippen LogP contribution >= 0.6 is 7.75 Å². The number of esters is 1. The van der Waals surface area contributed by atoms with E-state index >= 15 is 0 Å². The second-order valence-electron chi connectivity index (χ2n) is 9.78. The minimum absolute atomic E-state index is 0.188. The van der Waals surface area contributed by atoms with E-state index in [2.05, 4.69) is 17.0 Å². The van der Waals surface area contributed by atoms with E-state index in [1.807, 2.05) is 6.07 Å². The van der Waals surface area contributed by atoms with Crippen LogP contribution in [0.4, 0.5) is 0 Å². The maximum atomic E-state index is 13.5. The zero-order valence-corrected chi connectivity index (χ0v) is 22.9. The van der Waals surface area contributed by atoms with E-state index in [0.29, 0.717) is 42.0 Å². The molecule has 37 heavy (non-hydrogen) atoms. The summed E-state index contributed by atoms with van der Waals surface area (Å²) in [5.74, 6) is 0.981. The van der Waals surface area contributed by atoms with Crippen molar-refractivity contribution in [1.82, 2.24) is 14.6 Å². The van der Waals surface area contributed by atoms with Gasteiger partial charge in [0.2, 0.25) is 0 Å². The molecule has 1 aromatic carbocycles. The molecule has 1 saturated carbocycles. The molecular weight excluding hydrogens is 497 g/mol. The summed E-state index contributed by atoms with van der Waals surface area (Å²) in [6.45, 7) is 6.13. The van der Waals surface area contributed by atoms with E-state index in [0.717, 1.165) is 25.7 Å². The number of nitrogens with one attached hydrogen (secondary N) is 2. The molecule has 1 heterocycles. The first-order valence-corrected chi connectivity index (χ1v) is 14.3. The highest BCUT2D eigenvalue weighted by molar-refractivity contribution is 7.52. The fraction of sp³-hybridized carbons (Fsp3) is 0.577. The number of hydrogen-bond acceptors (Lipinski definition) is 7. The van der Waals surface area contributed by atoms with Gasteiger partial charge in [0.15, 0.2) is 0 Å². The molecule has 0 aliphatic heterocycles. The van der Waals surface area contributed by atoms with Gasteiger partial charge in [-0.3, -0.25) is 19.1 Å². The Hall–Kier alpha value is -2.68. The lowest BCUT2D eigenvalue weighted by Crippen LogP contribution is -2.34. The molecular formula is C26H38N3O7P. The van der Waals surface area contributed by atoms with Crippen LogP contribution < -0.4 is 20.9 Å². The summed E-state index contributed by atoms with van der Waals surface area (Å²) < 4.78 is 31.2. The molecule has 1 aliphatic rings. The molecule has 1 aromatic heterocycles. The fourth-order valence-corrected chi connectivity index (χ4v) is 6.52. The zero-order valence-electron chi connectivity index (χ0n) is 22.0. The predicted octanol–water partition coefficient (Wildman–Crippen LogP) is 4.03. The van der Waals surface area contributed by atoms with Gasteiger partial charge in [0.05, 0.1) is 13.7 Å². The van der Waals surface area contributed by atoms with Gasteiger partial charge in [-0.1, -0.05) is 38.0 Å². The summed E-state index contributed by atoms with van der Waals surface area (Å²) >= 11 is 0. The van der Waals surface area contributed by atoms with E-state index in [9.17, 15) is 18.9 Å². The monoisotopic (exact) mass is 535 g/mol. The van der Waals surface area contributed by atoms with Crippen LogP contribution in [0.3, 0.4) is 0 Å². The van der Waals surface area contributed by atoms with Crippen LogP contribution in [0.25, 0.3) is 0 Å². The van der Waals surface area contributed by atoms with Crippen molar-refractivity contribution in [2.24, 2.45) is 17.8 Å². The van der Waals surface area contributed by atoms with Gasteiger partial charge >= 0.3 is 19.4 Å². The zero-order chi connectivity index (χ0) is 27.0. The lowest BCUT2D eigenvalue weighted by atomic mass is 9.82. The highest BCUT2D eigenvalue weighted by Gasteiger charge is 2.34. The third kappa shape index (κ3) is 8.15. The van der Waals surface area contributed by atoms with E-state index in [1.165, 1.54) is 14.0 Å². The highest BCUT2D eigenvalue weighted by Crippen LogP contribution is 2.46. The lowest BCUT2D eigenvalue weighted by molar-refractivity contribution is -0.142. The van der Waals surface area contributed by atoms with Crippen molar-refractivity contribution in [3.63, 3.8) is 0 Å². The Labute approximate surface area is 217 Å². The smallest absolute Gasteiger partial charge is 0.459 e. The molecule has 204 valence electrons. The Kier molecular flexibility index (Phi) is 10.3. The number of hydrogen-bond donors (Lipinski definition) is 2. The van der Waals surface area contributed by atoms with Gasteiger partial charge in [0.25, 0.3) is 5.56 Å². The standard InChI is InChI=1S/C26H38N3O7P/c1-18(23-12-8-9-21(23)13-15-29-17-19(2)24(30)27-26(29)32)14-16-35-37(33,28-20(3)25(31)34-4)36-22-10-6-5-7-11-22/h5-7,10-11,17-18,20-21,23H,8-9,12-16H2,1-4H3,(H,28,33)(H,27,30,32)/t18-,20-,21?,23?,37?/m0/s1. The van der Waals surface area contributed by atoms with Crippen molar-refractivity contribution in [2.45, 2.75) is 65.5 Å². The molecule has 0 spiro atoms. The third-order valence-electron chi connectivity index (χ3n) is 7.09. The summed E-state index contributed by atoms with van der Waals surface area (Å²) in [6.07, 6.45) is 6.41. The number of carbonyl (C=O) groups excluding carboxylic acids is 1. The van der Waals surface area contributed by atoms with Crippen molar-refractivity contribution in [3.05, 3.63) is 62.9 Å². The molecule has 0 bridgehead atoms. The first-order valence-electron chi connectivity index (χ1n) is 12.8. The number of nitrogens with zero attached hydrogens (tertiary/aromatic N) is 1. The predicted molar refractivity (Wildman–Crippen MR) is 141 cm³/mol. The molecule has 2 N–H and O–H groups in total. The maximum Gasteiger partial charge on any atom is 0.459 e. The Balaban J connectivity index is 1.58. The van der Waals surface area contributed by atoms with Crippen molar-refractivity contribution in [1.29, 1.82) is 0 Å². The minimum Gasteiger partial charge on any atom is -0.468 e. The van der Waals surface area contributed by atoms with Gasteiger partial charge in [0, 0.05) is 18.3 Å². The second kappa shape index (κ2) is 13.2. The molecule has 1 aliphatic carbocycles. The van der Waals surface area contributed by atoms with Gasteiger partial charge in [-0.15, -0.1) is 0 Å². The molecule has 3 unspecified atom stereocenters. The van der Waals surface area contributed by atoms with Gasteiger partial charge < -0.3 is 13.8 Å². The summed E-state index contributed by atoms with van der Waals surface area (Å²) in [5, 5.41) is 2.68. The Morgan fingerprint density at radius 1 is 1.22 bits per heavy atom. The van der Waals surface area contributed by atoms with Crippen LogP contribution in [0.2, 0.25) is 0 Å². The molecule has 11 heteroatoms. The number of benzene rings is 1. The molecule has 0 radical (unpaired) electrons. The van der Waals surface area contributed by atoms with Crippen molar-refractivity contribution in [2.75, 3.05) is 13.7 Å². The number of methoxy groups -OCH3 is 1. The first kappa shape index (κ1) is 28.9. The topological polar surface area (TPSA) is 129 Å². The number of aromatic amines is 1. The summed E-state index contributed by atoms with van der Waals surface area (Å²) in [7, 11) is -2.59. The van der Waals surface area contributed by atoms with E-state index in [4.69, 9.17) is 13.8 Å². The molecule has 0 amide bonds. The first-order chi connectivity index (χ1) is 17.6. The van der Waals surface area contributed by atoms with Crippen LogP contribution in [0.15, 0.2) is 46.1 Å².